The molecule has 0 aliphatic carbocycles. The molecular formula is C20H24N4. The van der Waals surface area contributed by atoms with Gasteiger partial charge in [-0.15, -0.1) is 0 Å². The molecule has 0 aliphatic rings. The molecule has 1 aromatic heterocycles. The quantitative estimate of drug-likeness (QED) is 0.703. The van der Waals surface area contributed by atoms with Crippen molar-refractivity contribution in [2.24, 2.45) is 4.99 Å². The van der Waals surface area contributed by atoms with Crippen LogP contribution < -0.4 is 0 Å². The Morgan fingerprint density at radius 1 is 1.21 bits per heavy atom. The van der Waals surface area contributed by atoms with E-state index in [0.717, 1.165) is 29.1 Å². The van der Waals surface area contributed by atoms with Crippen molar-refractivity contribution >= 4 is 17.0 Å². The van der Waals surface area contributed by atoms with Crippen LogP contribution in [0.5, 0.6) is 0 Å². The molecule has 4 nitrogen and oxygen atoms in total. The molecule has 0 bridgehead atoms. The van der Waals surface area contributed by atoms with Crippen LogP contribution in [0.3, 0.4) is 0 Å². The van der Waals surface area contributed by atoms with Crippen LogP contribution >= 0.6 is 0 Å². The van der Waals surface area contributed by atoms with Crippen LogP contribution in [0.15, 0.2) is 71.9 Å². The maximum Gasteiger partial charge on any atom is 0.138 e. The lowest BCUT2D eigenvalue weighted by Gasteiger charge is -2.11. The highest BCUT2D eigenvalue weighted by atomic mass is 15.3. The Balaban J connectivity index is 2.52. The summed E-state index contributed by atoms with van der Waals surface area (Å²) in [6.07, 6.45) is 6.29. The molecule has 0 amide bonds. The van der Waals surface area contributed by atoms with Crippen LogP contribution in [0.2, 0.25) is 0 Å². The molecule has 0 fully saturated rings. The van der Waals surface area contributed by atoms with E-state index in [1.807, 2.05) is 26.8 Å². The van der Waals surface area contributed by atoms with E-state index >= 15 is 0 Å². The molecule has 0 saturated heterocycles. The van der Waals surface area contributed by atoms with E-state index in [1.54, 1.807) is 11.0 Å². The fourth-order valence-electron chi connectivity index (χ4n) is 2.38. The van der Waals surface area contributed by atoms with Crippen LogP contribution in [0.4, 0.5) is 0 Å². The van der Waals surface area contributed by atoms with Crippen molar-refractivity contribution in [1.29, 1.82) is 0 Å². The fraction of sp³-hybridized carbons (Fsp3) is 0.250. The average molecular weight is 320 g/mol. The largest absolute Gasteiger partial charge is 0.254 e. The maximum absolute atomic E-state index is 4.65. The number of hydrogen-bond donors (Lipinski definition) is 0. The lowest BCUT2D eigenvalue weighted by Crippen LogP contribution is -2.05. The van der Waals surface area contributed by atoms with Gasteiger partial charge in [-0.2, -0.15) is 5.10 Å². The van der Waals surface area contributed by atoms with Crippen molar-refractivity contribution in [2.45, 2.75) is 34.1 Å². The molecule has 24 heavy (non-hydrogen) atoms. The fourth-order valence-corrected chi connectivity index (χ4v) is 2.38. The number of allylic oxidation sites excluding steroid dienone is 5. The van der Waals surface area contributed by atoms with Gasteiger partial charge in [-0.05, 0) is 50.0 Å². The predicted molar refractivity (Wildman–Crippen MR) is 102 cm³/mol. The minimum absolute atomic E-state index is 0.774. The topological polar surface area (TPSA) is 43.1 Å². The predicted octanol–water partition coefficient (Wildman–Crippen LogP) is 5.00. The molecule has 2 aromatic rings. The van der Waals surface area contributed by atoms with Crippen LogP contribution in [0.25, 0.3) is 11.3 Å². The Bertz CT molecular complexity index is 778. The van der Waals surface area contributed by atoms with Gasteiger partial charge in [0, 0.05) is 11.4 Å². The summed E-state index contributed by atoms with van der Waals surface area (Å²) >= 11 is 0. The molecule has 0 unspecified atom stereocenters. The highest BCUT2D eigenvalue weighted by molar-refractivity contribution is 6.14. The van der Waals surface area contributed by atoms with Crippen molar-refractivity contribution in [3.05, 3.63) is 72.5 Å². The Morgan fingerprint density at radius 3 is 2.46 bits per heavy atom. The molecule has 0 spiro atoms. The number of aliphatic imine (C=N–C) groups is 1. The average Bonchev–Trinajstić information content (AvgIpc) is 3.12. The summed E-state index contributed by atoms with van der Waals surface area (Å²) in [4.78, 5) is 8.66. The lowest BCUT2D eigenvalue weighted by atomic mass is 9.99. The third-order valence-corrected chi connectivity index (χ3v) is 3.84. The molecule has 0 atom stereocenters. The molecule has 0 radical (unpaired) electrons. The second-order valence-electron chi connectivity index (χ2n) is 5.67. The van der Waals surface area contributed by atoms with Gasteiger partial charge in [0.1, 0.15) is 12.7 Å². The van der Waals surface area contributed by atoms with Crippen molar-refractivity contribution in [3.8, 4) is 0 Å². The first kappa shape index (κ1) is 17.6. The Hall–Kier alpha value is -2.75. The standard InChI is InChI=1S/C20H24N4/c1-6-18(19-10-8-7-9-11-19)12-20(23-15(2)3)16(4)17(5)24-14-21-13-22-24/h7-14H,2,6H2,1,3-5H3/b17-16+,18-12+,23-20?. The molecule has 0 aliphatic heterocycles. The van der Waals surface area contributed by atoms with Gasteiger partial charge in [0.05, 0.1) is 5.71 Å². The zero-order valence-electron chi connectivity index (χ0n) is 14.8. The molecule has 0 saturated carbocycles. The molecule has 0 N–H and O–H groups in total. The third kappa shape index (κ3) is 4.38. The molecular weight excluding hydrogens is 296 g/mol. The highest BCUT2D eigenvalue weighted by Crippen LogP contribution is 2.21. The molecule has 124 valence electrons. The Kier molecular flexibility index (Phi) is 6.01. The first-order valence-corrected chi connectivity index (χ1v) is 8.06. The van der Waals surface area contributed by atoms with Gasteiger partial charge in [0.25, 0.3) is 0 Å². The minimum Gasteiger partial charge on any atom is -0.254 e. The van der Waals surface area contributed by atoms with E-state index < -0.39 is 0 Å². The van der Waals surface area contributed by atoms with Crippen molar-refractivity contribution in [1.82, 2.24) is 14.8 Å². The SMILES string of the molecule is C=C(C)N=C(/C=C(\CC)c1ccccc1)/C(C)=C(\C)n1cncn1. The summed E-state index contributed by atoms with van der Waals surface area (Å²) in [5.41, 5.74) is 6.16. The van der Waals surface area contributed by atoms with E-state index in [2.05, 4.69) is 58.9 Å². The summed E-state index contributed by atoms with van der Waals surface area (Å²) in [5.74, 6) is 0. The van der Waals surface area contributed by atoms with E-state index in [-0.39, 0.29) is 0 Å². The number of aromatic nitrogens is 3. The monoisotopic (exact) mass is 320 g/mol. The second-order valence-corrected chi connectivity index (χ2v) is 5.67. The summed E-state index contributed by atoms with van der Waals surface area (Å²) in [5, 5.41) is 4.21. The third-order valence-electron chi connectivity index (χ3n) is 3.84. The first-order chi connectivity index (χ1) is 11.5. The van der Waals surface area contributed by atoms with Crippen LogP contribution in [-0.4, -0.2) is 20.5 Å². The maximum atomic E-state index is 4.65. The van der Waals surface area contributed by atoms with Crippen LogP contribution in [0.1, 0.15) is 39.7 Å². The number of rotatable bonds is 6. The second kappa shape index (κ2) is 8.20. The Labute approximate surface area is 144 Å². The number of benzene rings is 1. The molecule has 2 rings (SSSR count). The lowest BCUT2D eigenvalue weighted by molar-refractivity contribution is 0.889. The van der Waals surface area contributed by atoms with Crippen LogP contribution in [0, 0.1) is 0 Å². The molecule has 4 heteroatoms. The van der Waals surface area contributed by atoms with E-state index in [1.165, 1.54) is 17.5 Å². The molecule has 1 heterocycles. The van der Waals surface area contributed by atoms with Gasteiger partial charge < -0.3 is 0 Å². The van der Waals surface area contributed by atoms with E-state index in [4.69, 9.17) is 0 Å². The summed E-state index contributed by atoms with van der Waals surface area (Å²) < 4.78 is 1.76. The number of nitrogens with zero attached hydrogens (tertiary/aromatic N) is 4. The summed E-state index contributed by atoms with van der Waals surface area (Å²) in [6.45, 7) is 12.1. The highest BCUT2D eigenvalue weighted by Gasteiger charge is 2.09. The van der Waals surface area contributed by atoms with E-state index in [9.17, 15) is 0 Å². The Morgan fingerprint density at radius 2 is 1.92 bits per heavy atom. The van der Waals surface area contributed by atoms with Gasteiger partial charge in [-0.3, -0.25) is 4.99 Å². The zero-order chi connectivity index (χ0) is 17.5. The summed E-state index contributed by atoms with van der Waals surface area (Å²) in [6, 6.07) is 10.4. The normalized spacial score (nSPS) is 13.7. The van der Waals surface area contributed by atoms with Gasteiger partial charge >= 0.3 is 0 Å². The van der Waals surface area contributed by atoms with Crippen molar-refractivity contribution in [2.75, 3.05) is 0 Å². The van der Waals surface area contributed by atoms with Crippen molar-refractivity contribution < 1.29 is 0 Å². The first-order valence-electron chi connectivity index (χ1n) is 8.06. The van der Waals surface area contributed by atoms with Gasteiger partial charge in [-0.25, -0.2) is 9.67 Å². The smallest absolute Gasteiger partial charge is 0.138 e. The number of hydrogen-bond acceptors (Lipinski definition) is 3. The minimum atomic E-state index is 0.774. The summed E-state index contributed by atoms with van der Waals surface area (Å²) in [7, 11) is 0. The van der Waals surface area contributed by atoms with E-state index in [0.29, 0.717) is 0 Å². The van der Waals surface area contributed by atoms with Gasteiger partial charge in [0.15, 0.2) is 0 Å². The van der Waals surface area contributed by atoms with Crippen molar-refractivity contribution in [3.63, 3.8) is 0 Å². The van der Waals surface area contributed by atoms with Gasteiger partial charge in [0.2, 0.25) is 0 Å². The van der Waals surface area contributed by atoms with Gasteiger partial charge in [-0.1, -0.05) is 43.8 Å². The molecule has 1 aromatic carbocycles. The zero-order valence-corrected chi connectivity index (χ0v) is 14.8. The van der Waals surface area contributed by atoms with Crippen LogP contribution in [-0.2, 0) is 0 Å².